The van der Waals surface area contributed by atoms with E-state index in [0.29, 0.717) is 0 Å². The topological polar surface area (TPSA) is 11.4 Å². The Morgan fingerprint density at radius 2 is 0.953 bits per heavy atom. The summed E-state index contributed by atoms with van der Waals surface area (Å²) in [4.78, 5) is 4.88. The molecule has 0 spiro atoms. The van der Waals surface area contributed by atoms with Crippen LogP contribution in [0.5, 0.6) is 0 Å². The van der Waals surface area contributed by atoms with Crippen molar-refractivity contribution in [1.29, 1.82) is 0 Å². The molecule has 64 heavy (non-hydrogen) atoms. The van der Waals surface area contributed by atoms with Gasteiger partial charge >= 0.3 is 0 Å². The van der Waals surface area contributed by atoms with Crippen molar-refractivity contribution >= 4 is 66.7 Å². The monoisotopic (exact) mass is 819 g/mol. The second-order valence-corrected chi connectivity index (χ2v) is 17.4. The summed E-state index contributed by atoms with van der Waals surface area (Å²) in [5, 5.41) is 4.93. The SMILES string of the molecule is CC1(C)c2ccc(N(c3ccccc3)c3cc(N(c4ccccc4)c4ccccc4)c4c5ccccc5n(-c5cccc(-c6ccccc6)c5)c4c3)cc2-c2c1ccc1ccccc21. The summed E-state index contributed by atoms with van der Waals surface area (Å²) in [6.45, 7) is 4.74. The Kier molecular flexibility index (Phi) is 8.84. The van der Waals surface area contributed by atoms with Crippen LogP contribution in [0.25, 0.3) is 60.5 Å². The number of hydrogen-bond acceptors (Lipinski definition) is 2. The second kappa shape index (κ2) is 15.0. The van der Waals surface area contributed by atoms with E-state index in [1.807, 2.05) is 0 Å². The lowest BCUT2D eigenvalue weighted by atomic mass is 9.82. The molecule has 1 aliphatic rings. The van der Waals surface area contributed by atoms with E-state index in [1.165, 1.54) is 54.9 Å². The Hall–Kier alpha value is -8.14. The van der Waals surface area contributed by atoms with Gasteiger partial charge in [-0.2, -0.15) is 0 Å². The Bertz CT molecular complexity index is 3480. The lowest BCUT2D eigenvalue weighted by Crippen LogP contribution is -2.16. The van der Waals surface area contributed by atoms with Crippen molar-refractivity contribution in [1.82, 2.24) is 4.57 Å². The van der Waals surface area contributed by atoms with E-state index < -0.39 is 0 Å². The van der Waals surface area contributed by atoms with Crippen molar-refractivity contribution in [3.05, 3.63) is 248 Å². The molecule has 1 aromatic heterocycles. The number of nitrogens with zero attached hydrogens (tertiary/aromatic N) is 3. The van der Waals surface area contributed by atoms with Crippen LogP contribution in [0, 0.1) is 0 Å². The van der Waals surface area contributed by atoms with E-state index in [1.54, 1.807) is 0 Å². The average molecular weight is 820 g/mol. The highest BCUT2D eigenvalue weighted by atomic mass is 15.2. The van der Waals surface area contributed by atoms with E-state index in [4.69, 9.17) is 0 Å². The molecule has 1 heterocycles. The van der Waals surface area contributed by atoms with Gasteiger partial charge < -0.3 is 14.4 Å². The Balaban J connectivity index is 1.18. The average Bonchev–Trinajstić information content (AvgIpc) is 3.81. The van der Waals surface area contributed by atoms with Crippen LogP contribution in [0.4, 0.5) is 34.1 Å². The van der Waals surface area contributed by atoms with Gasteiger partial charge in [0.15, 0.2) is 0 Å². The lowest BCUT2D eigenvalue weighted by molar-refractivity contribution is 0.661. The van der Waals surface area contributed by atoms with Crippen molar-refractivity contribution in [2.75, 3.05) is 9.80 Å². The fourth-order valence-corrected chi connectivity index (χ4v) is 10.4. The van der Waals surface area contributed by atoms with Gasteiger partial charge in [-0.25, -0.2) is 0 Å². The van der Waals surface area contributed by atoms with Crippen molar-refractivity contribution in [2.24, 2.45) is 0 Å². The first-order valence-corrected chi connectivity index (χ1v) is 22.2. The van der Waals surface area contributed by atoms with Gasteiger partial charge in [-0.3, -0.25) is 0 Å². The molecular formula is C61H45N3. The van der Waals surface area contributed by atoms with Crippen LogP contribution in [0.3, 0.4) is 0 Å². The van der Waals surface area contributed by atoms with E-state index in [2.05, 4.69) is 265 Å². The minimum Gasteiger partial charge on any atom is -0.310 e. The van der Waals surface area contributed by atoms with Crippen molar-refractivity contribution < 1.29 is 0 Å². The molecule has 0 N–H and O–H groups in total. The third-order valence-electron chi connectivity index (χ3n) is 13.3. The van der Waals surface area contributed by atoms with Crippen LogP contribution in [0.2, 0.25) is 0 Å². The minimum absolute atomic E-state index is 0.141. The number of aromatic nitrogens is 1. The quantitative estimate of drug-likeness (QED) is 0.151. The highest BCUT2D eigenvalue weighted by Crippen LogP contribution is 2.54. The maximum atomic E-state index is 2.47. The number of benzene rings is 10. The number of fused-ring (bicyclic) bond motifs is 8. The molecule has 10 aromatic carbocycles. The predicted molar refractivity (Wildman–Crippen MR) is 271 cm³/mol. The summed E-state index contributed by atoms with van der Waals surface area (Å²) in [5.41, 5.74) is 17.5. The van der Waals surface area contributed by atoms with E-state index >= 15 is 0 Å². The standard InChI is InChI=1S/C61H45N3/c1-61(2)54-37-35-49(39-53(54)59-51-31-16-15-22-43(51)34-36-55(59)61)62(45-24-9-4-10-25-45)50-40-57(63(46-26-11-5-12-27-46)47-28-13-6-14-29-47)60-52-32-17-18-33-56(52)64(58(60)41-50)48-30-19-23-44(38-48)42-20-7-3-8-21-42/h3-41H,1-2H3. The van der Waals surface area contributed by atoms with Crippen molar-refractivity contribution in [3.63, 3.8) is 0 Å². The van der Waals surface area contributed by atoms with Gasteiger partial charge in [0.25, 0.3) is 0 Å². The highest BCUT2D eigenvalue weighted by Gasteiger charge is 2.37. The molecule has 3 heteroatoms. The molecule has 0 bridgehead atoms. The molecule has 1 aliphatic carbocycles. The van der Waals surface area contributed by atoms with Crippen LogP contribution in [-0.4, -0.2) is 4.57 Å². The third-order valence-corrected chi connectivity index (χ3v) is 13.3. The maximum Gasteiger partial charge on any atom is 0.0583 e. The van der Waals surface area contributed by atoms with Crippen LogP contribution >= 0.6 is 0 Å². The van der Waals surface area contributed by atoms with Gasteiger partial charge in [0.2, 0.25) is 0 Å². The molecule has 0 unspecified atom stereocenters. The van der Waals surface area contributed by atoms with Crippen LogP contribution in [-0.2, 0) is 5.41 Å². The molecule has 0 amide bonds. The fraction of sp³-hybridized carbons (Fsp3) is 0.0492. The Morgan fingerprint density at radius 3 is 1.66 bits per heavy atom. The van der Waals surface area contributed by atoms with Gasteiger partial charge in [-0.15, -0.1) is 0 Å². The van der Waals surface area contributed by atoms with Gasteiger partial charge in [0, 0.05) is 44.6 Å². The second-order valence-electron chi connectivity index (χ2n) is 17.4. The number of rotatable bonds is 8. The van der Waals surface area contributed by atoms with Crippen LogP contribution in [0.1, 0.15) is 25.0 Å². The molecule has 11 aromatic rings. The zero-order valence-corrected chi connectivity index (χ0v) is 35.9. The summed E-state index contributed by atoms with van der Waals surface area (Å²) in [6.07, 6.45) is 0. The largest absolute Gasteiger partial charge is 0.310 e. The number of hydrogen-bond donors (Lipinski definition) is 0. The zero-order valence-electron chi connectivity index (χ0n) is 35.9. The van der Waals surface area contributed by atoms with E-state index in [-0.39, 0.29) is 5.41 Å². The predicted octanol–water partition coefficient (Wildman–Crippen LogP) is 16.8. The molecule has 3 nitrogen and oxygen atoms in total. The summed E-state index contributed by atoms with van der Waals surface area (Å²) in [6, 6.07) is 86.4. The molecule has 0 saturated heterocycles. The van der Waals surface area contributed by atoms with Gasteiger partial charge in [0.05, 0.1) is 22.4 Å². The molecule has 0 fully saturated rings. The molecule has 12 rings (SSSR count). The molecular weight excluding hydrogens is 775 g/mol. The summed E-state index contributed by atoms with van der Waals surface area (Å²) >= 11 is 0. The first-order valence-electron chi connectivity index (χ1n) is 22.2. The van der Waals surface area contributed by atoms with E-state index in [0.717, 1.165) is 50.8 Å². The molecule has 0 saturated carbocycles. The summed E-state index contributed by atoms with van der Waals surface area (Å²) < 4.78 is 2.47. The number of anilines is 6. The maximum absolute atomic E-state index is 2.47. The van der Waals surface area contributed by atoms with Crippen LogP contribution in [0.15, 0.2) is 237 Å². The van der Waals surface area contributed by atoms with Crippen molar-refractivity contribution in [2.45, 2.75) is 19.3 Å². The number of para-hydroxylation sites is 4. The zero-order chi connectivity index (χ0) is 42.8. The summed E-state index contributed by atoms with van der Waals surface area (Å²) in [7, 11) is 0. The van der Waals surface area contributed by atoms with Crippen LogP contribution < -0.4 is 9.80 Å². The lowest BCUT2D eigenvalue weighted by Gasteiger charge is -2.31. The smallest absolute Gasteiger partial charge is 0.0583 e. The normalized spacial score (nSPS) is 12.7. The third kappa shape index (κ3) is 6.04. The Labute approximate surface area is 374 Å². The molecule has 304 valence electrons. The van der Waals surface area contributed by atoms with Crippen molar-refractivity contribution in [3.8, 4) is 27.9 Å². The first-order chi connectivity index (χ1) is 31.5. The Morgan fingerprint density at radius 1 is 0.375 bits per heavy atom. The van der Waals surface area contributed by atoms with Gasteiger partial charge in [-0.1, -0.05) is 172 Å². The molecule has 0 radical (unpaired) electrons. The highest BCUT2D eigenvalue weighted by molar-refractivity contribution is 6.18. The van der Waals surface area contributed by atoms with Gasteiger partial charge in [0.1, 0.15) is 0 Å². The van der Waals surface area contributed by atoms with Gasteiger partial charge in [-0.05, 0) is 123 Å². The molecule has 0 aliphatic heterocycles. The summed E-state index contributed by atoms with van der Waals surface area (Å²) in [5.74, 6) is 0. The molecule has 0 atom stereocenters. The minimum atomic E-state index is -0.141. The van der Waals surface area contributed by atoms with E-state index in [9.17, 15) is 0 Å². The first kappa shape index (κ1) is 37.6. The fourth-order valence-electron chi connectivity index (χ4n) is 10.4.